The molecule has 0 spiro atoms. The second kappa shape index (κ2) is 10.2. The zero-order valence-corrected chi connectivity index (χ0v) is 22.2. The van der Waals surface area contributed by atoms with E-state index in [1.165, 1.54) is 0 Å². The number of benzene rings is 1. The van der Waals surface area contributed by atoms with Crippen LogP contribution in [-0.2, 0) is 20.1 Å². The summed E-state index contributed by atoms with van der Waals surface area (Å²) in [5.74, 6) is 0.847. The number of nitriles is 1. The number of rotatable bonds is 9. The summed E-state index contributed by atoms with van der Waals surface area (Å²) in [5, 5.41) is 29.5. The number of pyridine rings is 1. The van der Waals surface area contributed by atoms with Crippen molar-refractivity contribution in [2.24, 2.45) is 13.0 Å². The molecule has 0 radical (unpaired) electrons. The average Bonchev–Trinajstić information content (AvgIpc) is 3.56. The van der Waals surface area contributed by atoms with E-state index in [1.54, 1.807) is 17.0 Å². The number of nitrogens with one attached hydrogen (secondary N) is 1. The van der Waals surface area contributed by atoms with Crippen LogP contribution in [0.5, 0.6) is 0 Å². The number of aromatic nitrogens is 6. The highest BCUT2D eigenvalue weighted by atomic mass is 35.5. The number of aliphatic hydroxyl groups is 1. The Morgan fingerprint density at radius 3 is 2.85 bits per heavy atom. The molecule has 0 saturated heterocycles. The SMILES string of the molecule is Cn1cc(C#N)cc1-c1c2c(NCCCO)nc(=O)n(CC3CC3)c2nn1Cc1ccnc2ccc(Cl)cc12. The fraction of sp³-hybridized carbons (Fsp3) is 0.321. The van der Waals surface area contributed by atoms with E-state index >= 15 is 0 Å². The molecule has 0 unspecified atom stereocenters. The molecule has 2 N–H and O–H groups in total. The molecule has 6 rings (SSSR count). The Bertz CT molecular complexity index is 1810. The van der Waals surface area contributed by atoms with Crippen molar-refractivity contribution in [3.8, 4) is 17.5 Å². The molecule has 1 aromatic carbocycles. The monoisotopic (exact) mass is 542 g/mol. The highest BCUT2D eigenvalue weighted by Crippen LogP contribution is 2.36. The minimum Gasteiger partial charge on any atom is -0.396 e. The fourth-order valence-electron chi connectivity index (χ4n) is 5.01. The second-order valence-electron chi connectivity index (χ2n) is 9.97. The van der Waals surface area contributed by atoms with Gasteiger partial charge in [-0.15, -0.1) is 0 Å². The van der Waals surface area contributed by atoms with Crippen LogP contribution in [-0.4, -0.2) is 47.1 Å². The van der Waals surface area contributed by atoms with E-state index in [0.29, 0.717) is 59.4 Å². The number of fused-ring (bicyclic) bond motifs is 2. The van der Waals surface area contributed by atoms with Gasteiger partial charge in [0, 0.05) is 49.5 Å². The van der Waals surface area contributed by atoms with Gasteiger partial charge >= 0.3 is 5.69 Å². The Morgan fingerprint density at radius 1 is 1.26 bits per heavy atom. The maximum atomic E-state index is 13.2. The predicted octanol–water partition coefficient (Wildman–Crippen LogP) is 3.92. The minimum atomic E-state index is -0.358. The molecule has 0 atom stereocenters. The van der Waals surface area contributed by atoms with Gasteiger partial charge < -0.3 is 15.0 Å². The summed E-state index contributed by atoms with van der Waals surface area (Å²) in [6, 6.07) is 11.6. The van der Waals surface area contributed by atoms with E-state index in [0.717, 1.165) is 40.7 Å². The second-order valence-corrected chi connectivity index (χ2v) is 10.4. The molecule has 198 valence electrons. The Morgan fingerprint density at radius 2 is 2.10 bits per heavy atom. The number of nitrogens with zero attached hydrogens (tertiary/aromatic N) is 7. The van der Waals surface area contributed by atoms with Gasteiger partial charge in [-0.25, -0.2) is 4.79 Å². The van der Waals surface area contributed by atoms with Crippen LogP contribution in [0.1, 0.15) is 30.4 Å². The summed E-state index contributed by atoms with van der Waals surface area (Å²) in [4.78, 5) is 22.2. The van der Waals surface area contributed by atoms with Gasteiger partial charge in [-0.3, -0.25) is 14.2 Å². The maximum absolute atomic E-state index is 13.2. The normalized spacial score (nSPS) is 13.3. The van der Waals surface area contributed by atoms with Gasteiger partial charge in [-0.2, -0.15) is 15.3 Å². The average molecular weight is 543 g/mol. The third kappa shape index (κ3) is 4.75. The maximum Gasteiger partial charge on any atom is 0.351 e. The molecule has 39 heavy (non-hydrogen) atoms. The molecule has 4 heterocycles. The molecule has 0 aliphatic heterocycles. The van der Waals surface area contributed by atoms with E-state index in [9.17, 15) is 15.2 Å². The lowest BCUT2D eigenvalue weighted by atomic mass is 10.1. The summed E-state index contributed by atoms with van der Waals surface area (Å²) in [7, 11) is 1.88. The van der Waals surface area contributed by atoms with E-state index in [4.69, 9.17) is 16.7 Å². The van der Waals surface area contributed by atoms with Crippen molar-refractivity contribution in [2.75, 3.05) is 18.5 Å². The van der Waals surface area contributed by atoms with Crippen LogP contribution in [0, 0.1) is 17.2 Å². The number of aliphatic hydroxyl groups excluding tert-OH is 1. The number of hydrogen-bond acceptors (Lipinski definition) is 7. The highest BCUT2D eigenvalue weighted by Gasteiger charge is 2.28. The first kappa shape index (κ1) is 25.1. The molecule has 0 bridgehead atoms. The van der Waals surface area contributed by atoms with E-state index in [2.05, 4.69) is 21.4 Å². The lowest BCUT2D eigenvalue weighted by Gasteiger charge is -2.13. The predicted molar refractivity (Wildman–Crippen MR) is 150 cm³/mol. The van der Waals surface area contributed by atoms with Crippen molar-refractivity contribution in [2.45, 2.75) is 32.4 Å². The third-order valence-corrected chi connectivity index (χ3v) is 7.36. The third-order valence-electron chi connectivity index (χ3n) is 7.12. The van der Waals surface area contributed by atoms with Gasteiger partial charge in [0.2, 0.25) is 0 Å². The van der Waals surface area contributed by atoms with Crippen LogP contribution in [0.3, 0.4) is 0 Å². The first-order valence-corrected chi connectivity index (χ1v) is 13.3. The van der Waals surface area contributed by atoms with Gasteiger partial charge in [0.15, 0.2) is 5.65 Å². The summed E-state index contributed by atoms with van der Waals surface area (Å²) in [5.41, 5.74) is 3.99. The zero-order valence-electron chi connectivity index (χ0n) is 21.4. The summed E-state index contributed by atoms with van der Waals surface area (Å²) in [6.45, 7) is 1.39. The number of anilines is 1. The van der Waals surface area contributed by atoms with Crippen LogP contribution >= 0.6 is 11.6 Å². The molecule has 1 aliphatic carbocycles. The van der Waals surface area contributed by atoms with Crippen LogP contribution < -0.4 is 11.0 Å². The van der Waals surface area contributed by atoms with Crippen molar-refractivity contribution in [3.63, 3.8) is 0 Å². The zero-order chi connectivity index (χ0) is 27.1. The molecular formula is C28H27ClN8O2. The largest absolute Gasteiger partial charge is 0.396 e. The van der Waals surface area contributed by atoms with Gasteiger partial charge in [-0.05, 0) is 61.1 Å². The first-order valence-electron chi connectivity index (χ1n) is 12.9. The minimum absolute atomic E-state index is 0.0159. The number of aryl methyl sites for hydroxylation is 1. The van der Waals surface area contributed by atoms with E-state index in [1.807, 2.05) is 46.6 Å². The molecule has 11 heteroatoms. The van der Waals surface area contributed by atoms with Gasteiger partial charge in [-0.1, -0.05) is 11.6 Å². The van der Waals surface area contributed by atoms with Crippen LogP contribution in [0.2, 0.25) is 5.02 Å². The molecule has 5 aromatic rings. The molecule has 4 aromatic heterocycles. The molecule has 1 aliphatic rings. The topological polar surface area (TPSA) is 127 Å². The summed E-state index contributed by atoms with van der Waals surface area (Å²) < 4.78 is 5.43. The molecular weight excluding hydrogens is 516 g/mol. The summed E-state index contributed by atoms with van der Waals surface area (Å²) >= 11 is 6.34. The Balaban J connectivity index is 1.62. The van der Waals surface area contributed by atoms with Gasteiger partial charge in [0.05, 0.1) is 34.4 Å². The van der Waals surface area contributed by atoms with Crippen molar-refractivity contribution in [1.29, 1.82) is 5.26 Å². The standard InChI is InChI=1S/C28H27ClN8O2/c1-35-14-18(13-30)11-23(35)25-24-26(32-8-2-10-38)33-28(39)36(15-17-3-4-17)27(24)34-37(25)16-19-7-9-31-22-6-5-20(29)12-21(19)22/h5-7,9,11-12,14,17,38H,2-4,8,10,15-16H2,1H3,(H,32,33,39). The van der Waals surface area contributed by atoms with Crippen LogP contribution in [0.15, 0.2) is 47.5 Å². The number of hydrogen-bond donors (Lipinski definition) is 2. The van der Waals surface area contributed by atoms with E-state index < -0.39 is 0 Å². The highest BCUT2D eigenvalue weighted by molar-refractivity contribution is 6.31. The van der Waals surface area contributed by atoms with Crippen LogP contribution in [0.25, 0.3) is 33.3 Å². The fourth-order valence-corrected chi connectivity index (χ4v) is 5.18. The van der Waals surface area contributed by atoms with Crippen LogP contribution in [0.4, 0.5) is 5.82 Å². The Hall–Kier alpha value is -4.20. The lowest BCUT2D eigenvalue weighted by molar-refractivity contribution is 0.292. The Kier molecular flexibility index (Phi) is 6.54. The van der Waals surface area contributed by atoms with Crippen molar-refractivity contribution < 1.29 is 5.11 Å². The number of halogens is 1. The molecule has 1 fully saturated rings. The Labute approximate surface area is 229 Å². The smallest absolute Gasteiger partial charge is 0.351 e. The quantitative estimate of drug-likeness (QED) is 0.270. The lowest BCUT2D eigenvalue weighted by Crippen LogP contribution is -2.26. The van der Waals surface area contributed by atoms with Crippen molar-refractivity contribution in [3.05, 3.63) is 69.4 Å². The van der Waals surface area contributed by atoms with Crippen molar-refractivity contribution >= 4 is 39.4 Å². The molecule has 1 saturated carbocycles. The molecule has 0 amide bonds. The van der Waals surface area contributed by atoms with E-state index in [-0.39, 0.29) is 12.3 Å². The first-order chi connectivity index (χ1) is 19.0. The van der Waals surface area contributed by atoms with Gasteiger partial charge in [0.25, 0.3) is 0 Å². The van der Waals surface area contributed by atoms with Gasteiger partial charge in [0.1, 0.15) is 11.9 Å². The summed E-state index contributed by atoms with van der Waals surface area (Å²) in [6.07, 6.45) is 6.18. The van der Waals surface area contributed by atoms with Crippen molar-refractivity contribution in [1.82, 2.24) is 28.9 Å². The molecule has 10 nitrogen and oxygen atoms in total.